The SMILES string of the molecule is Cc1ccc(S(=O)(=O)Nc2cnc(Cl)c(Br)c2)cc1F. The predicted molar refractivity (Wildman–Crippen MR) is 78.9 cm³/mol. The molecule has 0 aliphatic carbocycles. The Bertz CT molecular complexity index is 768. The van der Waals surface area contributed by atoms with Crippen LogP contribution in [-0.2, 0) is 10.0 Å². The van der Waals surface area contributed by atoms with E-state index in [0.717, 1.165) is 6.07 Å². The summed E-state index contributed by atoms with van der Waals surface area (Å²) in [5.41, 5.74) is 0.599. The van der Waals surface area contributed by atoms with E-state index >= 15 is 0 Å². The van der Waals surface area contributed by atoms with E-state index in [2.05, 4.69) is 25.6 Å². The van der Waals surface area contributed by atoms with Gasteiger partial charge in [-0.15, -0.1) is 0 Å². The lowest BCUT2D eigenvalue weighted by Gasteiger charge is -2.09. The second-order valence-corrected chi connectivity index (χ2v) is 6.91. The highest BCUT2D eigenvalue weighted by Crippen LogP contribution is 2.25. The molecule has 106 valence electrons. The molecular weight excluding hydrogens is 371 g/mol. The first-order valence-electron chi connectivity index (χ1n) is 5.39. The van der Waals surface area contributed by atoms with Crippen LogP contribution in [0.25, 0.3) is 0 Å². The van der Waals surface area contributed by atoms with Crippen LogP contribution < -0.4 is 4.72 Å². The third kappa shape index (κ3) is 3.28. The van der Waals surface area contributed by atoms with Crippen molar-refractivity contribution in [3.05, 3.63) is 51.5 Å². The number of nitrogens with zero attached hydrogens (tertiary/aromatic N) is 1. The molecule has 0 bridgehead atoms. The number of hydrogen-bond donors (Lipinski definition) is 1. The minimum atomic E-state index is -3.88. The first kappa shape index (κ1) is 15.2. The Balaban J connectivity index is 2.35. The summed E-state index contributed by atoms with van der Waals surface area (Å²) in [5.74, 6) is -0.580. The average molecular weight is 380 g/mol. The third-order valence-electron chi connectivity index (χ3n) is 2.50. The fourth-order valence-electron chi connectivity index (χ4n) is 1.43. The van der Waals surface area contributed by atoms with E-state index < -0.39 is 15.8 Å². The highest BCUT2D eigenvalue weighted by molar-refractivity contribution is 9.10. The van der Waals surface area contributed by atoms with E-state index in [1.54, 1.807) is 6.92 Å². The van der Waals surface area contributed by atoms with Crippen molar-refractivity contribution in [1.29, 1.82) is 0 Å². The van der Waals surface area contributed by atoms with Crippen LogP contribution >= 0.6 is 27.5 Å². The van der Waals surface area contributed by atoms with Crippen LogP contribution in [0.4, 0.5) is 10.1 Å². The Morgan fingerprint density at radius 2 is 2.05 bits per heavy atom. The number of hydrogen-bond acceptors (Lipinski definition) is 3. The second-order valence-electron chi connectivity index (χ2n) is 4.01. The minimum absolute atomic E-state index is 0.160. The number of aryl methyl sites for hydroxylation is 1. The lowest BCUT2D eigenvalue weighted by molar-refractivity contribution is 0.593. The van der Waals surface area contributed by atoms with Gasteiger partial charge in [-0.05, 0) is 46.6 Å². The molecule has 2 rings (SSSR count). The summed E-state index contributed by atoms with van der Waals surface area (Å²) in [7, 11) is -3.88. The van der Waals surface area contributed by atoms with Crippen molar-refractivity contribution in [2.45, 2.75) is 11.8 Å². The summed E-state index contributed by atoms with van der Waals surface area (Å²) in [5, 5.41) is 0.217. The number of halogens is 3. The van der Waals surface area contributed by atoms with Crippen LogP contribution in [0.5, 0.6) is 0 Å². The maximum Gasteiger partial charge on any atom is 0.262 e. The van der Waals surface area contributed by atoms with Gasteiger partial charge in [0.15, 0.2) is 0 Å². The highest BCUT2D eigenvalue weighted by atomic mass is 79.9. The number of aromatic nitrogens is 1. The number of sulfonamides is 1. The molecule has 0 amide bonds. The summed E-state index contributed by atoms with van der Waals surface area (Å²) in [6.45, 7) is 1.55. The van der Waals surface area contributed by atoms with Gasteiger partial charge >= 0.3 is 0 Å². The van der Waals surface area contributed by atoms with Gasteiger partial charge in [-0.1, -0.05) is 17.7 Å². The van der Waals surface area contributed by atoms with Crippen molar-refractivity contribution >= 4 is 43.2 Å². The number of pyridine rings is 1. The van der Waals surface area contributed by atoms with Crippen LogP contribution in [0.3, 0.4) is 0 Å². The smallest absolute Gasteiger partial charge is 0.262 e. The normalized spacial score (nSPS) is 11.4. The lowest BCUT2D eigenvalue weighted by atomic mass is 10.2. The molecule has 8 heteroatoms. The molecule has 1 aromatic carbocycles. The molecule has 20 heavy (non-hydrogen) atoms. The zero-order chi connectivity index (χ0) is 14.9. The van der Waals surface area contributed by atoms with Crippen molar-refractivity contribution in [1.82, 2.24) is 4.98 Å². The van der Waals surface area contributed by atoms with Gasteiger partial charge in [0.25, 0.3) is 10.0 Å². The van der Waals surface area contributed by atoms with Crippen LogP contribution in [0.2, 0.25) is 5.15 Å². The Hall–Kier alpha value is -1.18. The number of nitrogens with one attached hydrogen (secondary N) is 1. The van der Waals surface area contributed by atoms with Crippen LogP contribution in [-0.4, -0.2) is 13.4 Å². The standard InChI is InChI=1S/C12H9BrClFN2O2S/c1-7-2-3-9(5-11(7)15)20(18,19)17-8-4-10(13)12(14)16-6-8/h2-6,17H,1H3. The predicted octanol–water partition coefficient (Wildman–Crippen LogP) is 3.75. The molecule has 0 radical (unpaired) electrons. The summed E-state index contributed by atoms with van der Waals surface area (Å²) >= 11 is 8.86. The number of rotatable bonds is 3. The molecular formula is C12H9BrClFN2O2S. The molecule has 1 aromatic heterocycles. The van der Waals surface area contributed by atoms with Gasteiger partial charge in [0.2, 0.25) is 0 Å². The number of anilines is 1. The fourth-order valence-corrected chi connectivity index (χ4v) is 2.93. The Morgan fingerprint density at radius 1 is 1.35 bits per heavy atom. The van der Waals surface area contributed by atoms with E-state index in [-0.39, 0.29) is 15.7 Å². The number of benzene rings is 1. The summed E-state index contributed by atoms with van der Waals surface area (Å²) in [4.78, 5) is 3.65. The van der Waals surface area contributed by atoms with E-state index in [1.807, 2.05) is 0 Å². The Labute approximate surface area is 129 Å². The molecule has 1 N–H and O–H groups in total. The Morgan fingerprint density at radius 3 is 2.65 bits per heavy atom. The maximum absolute atomic E-state index is 13.4. The highest BCUT2D eigenvalue weighted by Gasteiger charge is 2.16. The molecule has 0 fully saturated rings. The van der Waals surface area contributed by atoms with Gasteiger partial charge in [0.05, 0.1) is 21.3 Å². The maximum atomic E-state index is 13.4. The first-order valence-corrected chi connectivity index (χ1v) is 8.05. The Kier molecular flexibility index (Phi) is 4.31. The van der Waals surface area contributed by atoms with Gasteiger partial charge in [-0.2, -0.15) is 0 Å². The summed E-state index contributed by atoms with van der Waals surface area (Å²) in [6, 6.07) is 5.17. The van der Waals surface area contributed by atoms with Crippen molar-refractivity contribution in [3.8, 4) is 0 Å². The van der Waals surface area contributed by atoms with E-state index in [0.29, 0.717) is 10.0 Å². The molecule has 0 aliphatic heterocycles. The average Bonchev–Trinajstić information content (AvgIpc) is 2.37. The molecule has 2 aromatic rings. The zero-order valence-electron chi connectivity index (χ0n) is 10.2. The van der Waals surface area contributed by atoms with Crippen LogP contribution in [0.15, 0.2) is 39.8 Å². The van der Waals surface area contributed by atoms with Gasteiger partial charge in [-0.25, -0.2) is 17.8 Å². The van der Waals surface area contributed by atoms with Crippen LogP contribution in [0, 0.1) is 12.7 Å². The quantitative estimate of drug-likeness (QED) is 0.826. The summed E-state index contributed by atoms with van der Waals surface area (Å²) < 4.78 is 40.4. The van der Waals surface area contributed by atoms with Gasteiger partial charge < -0.3 is 0 Å². The molecule has 0 saturated heterocycles. The molecule has 0 atom stereocenters. The molecule has 1 heterocycles. The molecule has 0 unspecified atom stereocenters. The molecule has 4 nitrogen and oxygen atoms in total. The largest absolute Gasteiger partial charge is 0.278 e. The molecule has 0 saturated carbocycles. The van der Waals surface area contributed by atoms with Crippen LogP contribution in [0.1, 0.15) is 5.56 Å². The van der Waals surface area contributed by atoms with E-state index in [9.17, 15) is 12.8 Å². The van der Waals surface area contributed by atoms with E-state index in [4.69, 9.17) is 11.6 Å². The summed E-state index contributed by atoms with van der Waals surface area (Å²) in [6.07, 6.45) is 1.27. The van der Waals surface area contributed by atoms with Crippen molar-refractivity contribution in [3.63, 3.8) is 0 Å². The topological polar surface area (TPSA) is 59.1 Å². The third-order valence-corrected chi connectivity index (χ3v) is 5.02. The molecule has 0 aliphatic rings. The second kappa shape index (κ2) is 5.67. The molecule has 0 spiro atoms. The lowest BCUT2D eigenvalue weighted by Crippen LogP contribution is -2.13. The van der Waals surface area contributed by atoms with E-state index in [1.165, 1.54) is 24.4 Å². The van der Waals surface area contributed by atoms with Crippen molar-refractivity contribution in [2.75, 3.05) is 4.72 Å². The van der Waals surface area contributed by atoms with Crippen molar-refractivity contribution < 1.29 is 12.8 Å². The van der Waals surface area contributed by atoms with Crippen molar-refractivity contribution in [2.24, 2.45) is 0 Å². The zero-order valence-corrected chi connectivity index (χ0v) is 13.4. The van der Waals surface area contributed by atoms with Gasteiger partial charge in [0, 0.05) is 0 Å². The van der Waals surface area contributed by atoms with Gasteiger partial charge in [0.1, 0.15) is 11.0 Å². The fraction of sp³-hybridized carbons (Fsp3) is 0.0833. The first-order chi connectivity index (χ1) is 9.29. The van der Waals surface area contributed by atoms with Gasteiger partial charge in [-0.3, -0.25) is 4.72 Å². The minimum Gasteiger partial charge on any atom is -0.278 e. The monoisotopic (exact) mass is 378 g/mol.